The number of ether oxygens (including phenoxy) is 2. The van der Waals surface area contributed by atoms with E-state index in [0.29, 0.717) is 5.41 Å². The molecule has 0 aromatic rings. The monoisotopic (exact) mass is 334 g/mol. The minimum Gasteiger partial charge on any atom is -0.393 e. The van der Waals surface area contributed by atoms with Gasteiger partial charge in [-0.1, -0.05) is 13.8 Å². The number of aliphatic hydroxyl groups is 1. The third-order valence-corrected chi connectivity index (χ3v) is 9.43. The minimum atomic E-state index is -0.232. The molecule has 24 heavy (non-hydrogen) atoms. The molecule has 5 aliphatic rings. The maximum atomic E-state index is 10.6. The summed E-state index contributed by atoms with van der Waals surface area (Å²) < 4.78 is 12.1. The number of rotatable bonds is 0. The Morgan fingerprint density at radius 2 is 1.54 bits per heavy atom. The van der Waals surface area contributed by atoms with Crippen molar-refractivity contribution in [3.05, 3.63) is 0 Å². The van der Waals surface area contributed by atoms with E-state index in [1.165, 1.54) is 38.5 Å². The van der Waals surface area contributed by atoms with E-state index in [1.54, 1.807) is 0 Å². The van der Waals surface area contributed by atoms with Crippen LogP contribution in [-0.4, -0.2) is 30.2 Å². The summed E-state index contributed by atoms with van der Waals surface area (Å²) in [6, 6.07) is 0. The summed E-state index contributed by atoms with van der Waals surface area (Å²) in [6.07, 6.45) is 11.0. The summed E-state index contributed by atoms with van der Waals surface area (Å²) in [6.45, 7) is 6.54. The normalized spacial score (nSPS) is 55.9. The first kappa shape index (κ1) is 16.1. The fraction of sp³-hybridized carbons (Fsp3) is 1.00. The first-order chi connectivity index (χ1) is 11.5. The molecule has 1 aliphatic heterocycles. The van der Waals surface area contributed by atoms with Crippen LogP contribution in [0.3, 0.4) is 0 Å². The van der Waals surface area contributed by atoms with E-state index in [-0.39, 0.29) is 17.3 Å². The number of aliphatic hydroxyl groups excluding tert-OH is 1. The van der Waals surface area contributed by atoms with Gasteiger partial charge in [0.15, 0.2) is 5.79 Å². The van der Waals surface area contributed by atoms with Crippen LogP contribution in [0.15, 0.2) is 0 Å². The Labute approximate surface area is 146 Å². The van der Waals surface area contributed by atoms with Gasteiger partial charge in [0.05, 0.1) is 19.3 Å². The smallest absolute Gasteiger partial charge is 0.168 e. The molecule has 0 bridgehead atoms. The summed E-state index contributed by atoms with van der Waals surface area (Å²) in [7, 11) is 0. The summed E-state index contributed by atoms with van der Waals surface area (Å²) in [5, 5.41) is 10.6. The lowest BCUT2D eigenvalue weighted by Crippen LogP contribution is -2.56. The molecular formula is C21H34O3. The van der Waals surface area contributed by atoms with Crippen LogP contribution < -0.4 is 0 Å². The van der Waals surface area contributed by atoms with Crippen molar-refractivity contribution in [3.8, 4) is 0 Å². The first-order valence-electron chi connectivity index (χ1n) is 10.4. The van der Waals surface area contributed by atoms with Gasteiger partial charge in [0, 0.05) is 12.8 Å². The molecule has 3 nitrogen and oxygen atoms in total. The van der Waals surface area contributed by atoms with Crippen LogP contribution >= 0.6 is 0 Å². The molecule has 7 atom stereocenters. The zero-order chi connectivity index (χ0) is 16.6. The van der Waals surface area contributed by atoms with Crippen molar-refractivity contribution >= 4 is 0 Å². The second-order valence-corrected chi connectivity index (χ2v) is 10.1. The Kier molecular flexibility index (Phi) is 3.49. The first-order valence-corrected chi connectivity index (χ1v) is 10.4. The van der Waals surface area contributed by atoms with E-state index < -0.39 is 0 Å². The summed E-state index contributed by atoms with van der Waals surface area (Å²) in [4.78, 5) is 0. The average Bonchev–Trinajstić information content (AvgIpc) is 3.14. The van der Waals surface area contributed by atoms with E-state index in [9.17, 15) is 5.11 Å². The van der Waals surface area contributed by atoms with Crippen LogP contribution in [0.1, 0.15) is 71.6 Å². The molecule has 0 unspecified atom stereocenters. The van der Waals surface area contributed by atoms with Crippen molar-refractivity contribution in [1.82, 2.24) is 0 Å². The minimum absolute atomic E-state index is 0.0520. The Balaban J connectivity index is 1.41. The van der Waals surface area contributed by atoms with Gasteiger partial charge in [-0.3, -0.25) is 0 Å². The summed E-state index contributed by atoms with van der Waals surface area (Å²) in [5.41, 5.74) is 0.677. The molecule has 1 heterocycles. The van der Waals surface area contributed by atoms with Gasteiger partial charge in [0.1, 0.15) is 0 Å². The lowest BCUT2D eigenvalue weighted by Gasteiger charge is -2.61. The van der Waals surface area contributed by atoms with Crippen molar-refractivity contribution in [2.24, 2.45) is 34.5 Å². The third-order valence-electron chi connectivity index (χ3n) is 9.43. The zero-order valence-corrected chi connectivity index (χ0v) is 15.4. The van der Waals surface area contributed by atoms with E-state index in [4.69, 9.17) is 9.47 Å². The van der Waals surface area contributed by atoms with Crippen molar-refractivity contribution < 1.29 is 14.6 Å². The predicted octanol–water partition coefficient (Wildman–Crippen LogP) is 4.13. The highest BCUT2D eigenvalue weighted by Gasteiger charge is 2.61. The largest absolute Gasteiger partial charge is 0.393 e. The topological polar surface area (TPSA) is 38.7 Å². The van der Waals surface area contributed by atoms with Gasteiger partial charge < -0.3 is 14.6 Å². The molecule has 0 amide bonds. The lowest BCUT2D eigenvalue weighted by molar-refractivity contribution is -0.230. The van der Waals surface area contributed by atoms with Crippen molar-refractivity contribution in [1.29, 1.82) is 0 Å². The number of fused-ring (bicyclic) bond motifs is 5. The molecule has 1 saturated heterocycles. The van der Waals surface area contributed by atoms with Crippen LogP contribution in [0.5, 0.6) is 0 Å². The molecule has 5 rings (SSSR count). The fourth-order valence-corrected chi connectivity index (χ4v) is 7.93. The number of hydrogen-bond acceptors (Lipinski definition) is 3. The SMILES string of the molecule is C[C@@]12CCC3(C[C@H]1CC[C@@H]1[C@H]2CC[C@]2(C)[C@@H](O)CC[C@@H]12)OCCO3. The van der Waals surface area contributed by atoms with Gasteiger partial charge in [-0.2, -0.15) is 0 Å². The highest BCUT2D eigenvalue weighted by atomic mass is 16.7. The Hall–Kier alpha value is -0.120. The van der Waals surface area contributed by atoms with Gasteiger partial charge in [-0.15, -0.1) is 0 Å². The molecule has 3 heteroatoms. The molecule has 0 aromatic carbocycles. The van der Waals surface area contributed by atoms with Crippen molar-refractivity contribution in [3.63, 3.8) is 0 Å². The Morgan fingerprint density at radius 3 is 2.33 bits per heavy atom. The molecule has 0 aromatic heterocycles. The second-order valence-electron chi connectivity index (χ2n) is 10.1. The van der Waals surface area contributed by atoms with Crippen LogP contribution in [0, 0.1) is 34.5 Å². The molecule has 0 radical (unpaired) electrons. The summed E-state index contributed by atoms with van der Waals surface area (Å²) in [5.74, 6) is 3.00. The van der Waals surface area contributed by atoms with Gasteiger partial charge in [-0.25, -0.2) is 0 Å². The van der Waals surface area contributed by atoms with Crippen LogP contribution in [0.4, 0.5) is 0 Å². The van der Waals surface area contributed by atoms with E-state index in [0.717, 1.165) is 56.1 Å². The molecule has 1 spiro atoms. The molecular weight excluding hydrogens is 300 g/mol. The highest BCUT2D eigenvalue weighted by Crippen LogP contribution is 2.67. The molecule has 136 valence electrons. The van der Waals surface area contributed by atoms with Gasteiger partial charge in [0.2, 0.25) is 0 Å². The Bertz CT molecular complexity index is 513. The van der Waals surface area contributed by atoms with Gasteiger partial charge in [-0.05, 0) is 79.4 Å². The van der Waals surface area contributed by atoms with Crippen molar-refractivity contribution in [2.75, 3.05) is 13.2 Å². The Morgan fingerprint density at radius 1 is 0.792 bits per heavy atom. The highest BCUT2D eigenvalue weighted by molar-refractivity contribution is 5.10. The maximum Gasteiger partial charge on any atom is 0.168 e. The maximum absolute atomic E-state index is 10.6. The number of hydrogen-bond donors (Lipinski definition) is 1. The van der Waals surface area contributed by atoms with Crippen LogP contribution in [0.25, 0.3) is 0 Å². The van der Waals surface area contributed by atoms with Crippen molar-refractivity contribution in [2.45, 2.75) is 83.5 Å². The predicted molar refractivity (Wildman–Crippen MR) is 92.4 cm³/mol. The van der Waals surface area contributed by atoms with E-state index in [2.05, 4.69) is 13.8 Å². The molecule has 5 fully saturated rings. The molecule has 4 saturated carbocycles. The van der Waals surface area contributed by atoms with Crippen LogP contribution in [-0.2, 0) is 9.47 Å². The molecule has 4 aliphatic carbocycles. The summed E-state index contributed by atoms with van der Waals surface area (Å²) >= 11 is 0. The van der Waals surface area contributed by atoms with E-state index >= 15 is 0 Å². The third kappa shape index (κ3) is 2.01. The van der Waals surface area contributed by atoms with Crippen LogP contribution in [0.2, 0.25) is 0 Å². The standard InChI is InChI=1S/C21H34O3/c1-19-9-10-21(23-11-12-24-21)13-14(19)3-4-15-16-5-6-18(22)20(16,2)8-7-17(15)19/h14-18,22H,3-13H2,1-2H3/t14-,15+,16+,17-,18+,19-,20+/m1/s1. The average molecular weight is 335 g/mol. The second kappa shape index (κ2) is 5.20. The van der Waals surface area contributed by atoms with Gasteiger partial charge in [0.25, 0.3) is 0 Å². The quantitative estimate of drug-likeness (QED) is 0.724. The van der Waals surface area contributed by atoms with E-state index in [1.807, 2.05) is 0 Å². The molecule has 1 N–H and O–H groups in total. The zero-order valence-electron chi connectivity index (χ0n) is 15.4. The van der Waals surface area contributed by atoms with Gasteiger partial charge >= 0.3 is 0 Å². The fourth-order valence-electron chi connectivity index (χ4n) is 7.93. The lowest BCUT2D eigenvalue weighted by atomic mass is 9.45.